The van der Waals surface area contributed by atoms with E-state index in [-0.39, 0.29) is 5.91 Å². The van der Waals surface area contributed by atoms with Gasteiger partial charge >= 0.3 is 0 Å². The van der Waals surface area contributed by atoms with Crippen LogP contribution in [-0.2, 0) is 11.2 Å². The summed E-state index contributed by atoms with van der Waals surface area (Å²) in [6.07, 6.45) is 8.48. The third-order valence-corrected chi connectivity index (χ3v) is 5.96. The number of benzene rings is 1. The van der Waals surface area contributed by atoms with Gasteiger partial charge in [0.1, 0.15) is 11.4 Å². The zero-order chi connectivity index (χ0) is 22.6. The number of carbonyl (C=O) groups excluding carboxylic acids is 1. The van der Waals surface area contributed by atoms with Crippen molar-refractivity contribution in [3.05, 3.63) is 66.3 Å². The molecule has 4 aromatic rings. The highest BCUT2D eigenvalue weighted by atomic mass is 16.5. The third kappa shape index (κ3) is 4.50. The lowest BCUT2D eigenvalue weighted by atomic mass is 9.99. The first kappa shape index (κ1) is 20.9. The van der Waals surface area contributed by atoms with Gasteiger partial charge in [-0.05, 0) is 54.8 Å². The Kier molecular flexibility index (Phi) is 5.89. The van der Waals surface area contributed by atoms with E-state index in [2.05, 4.69) is 32.3 Å². The zero-order valence-corrected chi connectivity index (χ0v) is 18.5. The molecular weight excluding hydrogens is 418 g/mol. The summed E-state index contributed by atoms with van der Waals surface area (Å²) in [5, 5.41) is 5.17. The molecule has 1 N–H and O–H groups in total. The molecule has 0 bridgehead atoms. The molecule has 5 rings (SSSR count). The number of aryl methyl sites for hydroxylation is 1. The lowest BCUT2D eigenvalue weighted by Crippen LogP contribution is -2.34. The van der Waals surface area contributed by atoms with Crippen molar-refractivity contribution in [2.45, 2.75) is 25.7 Å². The van der Waals surface area contributed by atoms with Crippen LogP contribution >= 0.6 is 0 Å². The van der Waals surface area contributed by atoms with E-state index in [9.17, 15) is 4.79 Å². The van der Waals surface area contributed by atoms with Crippen LogP contribution in [0.15, 0.2) is 59.4 Å². The van der Waals surface area contributed by atoms with E-state index in [4.69, 9.17) is 9.26 Å². The maximum Gasteiger partial charge on any atom is 0.226 e. The smallest absolute Gasteiger partial charge is 0.226 e. The van der Waals surface area contributed by atoms with Crippen LogP contribution in [0.1, 0.15) is 30.7 Å². The number of nitrogens with zero attached hydrogens (tertiary/aromatic N) is 4. The van der Waals surface area contributed by atoms with Crippen molar-refractivity contribution >= 4 is 22.5 Å². The summed E-state index contributed by atoms with van der Waals surface area (Å²) in [7, 11) is 1.63. The summed E-state index contributed by atoms with van der Waals surface area (Å²) in [4.78, 5) is 26.6. The molecule has 0 atom stereocenters. The van der Waals surface area contributed by atoms with Crippen LogP contribution in [0.5, 0.6) is 5.75 Å². The quantitative estimate of drug-likeness (QED) is 0.458. The summed E-state index contributed by atoms with van der Waals surface area (Å²) in [5.74, 6) is 2.02. The van der Waals surface area contributed by atoms with Crippen molar-refractivity contribution in [3.63, 3.8) is 0 Å². The van der Waals surface area contributed by atoms with Crippen molar-refractivity contribution in [1.29, 1.82) is 0 Å². The predicted octanol–water partition coefficient (Wildman–Crippen LogP) is 4.26. The summed E-state index contributed by atoms with van der Waals surface area (Å²) >= 11 is 0. The first-order valence-corrected chi connectivity index (χ1v) is 11.1. The highest BCUT2D eigenvalue weighted by Gasteiger charge is 2.19. The van der Waals surface area contributed by atoms with Crippen LogP contribution in [0.2, 0.25) is 0 Å². The van der Waals surface area contributed by atoms with Gasteiger partial charge in [0.25, 0.3) is 0 Å². The Bertz CT molecular complexity index is 1290. The number of aromatic amines is 1. The minimum absolute atomic E-state index is 0.154. The van der Waals surface area contributed by atoms with Crippen LogP contribution < -0.4 is 4.74 Å². The van der Waals surface area contributed by atoms with E-state index in [1.807, 2.05) is 41.4 Å². The Labute approximate surface area is 191 Å². The van der Waals surface area contributed by atoms with Gasteiger partial charge in [0, 0.05) is 54.8 Å². The maximum absolute atomic E-state index is 12.7. The van der Waals surface area contributed by atoms with Gasteiger partial charge in [-0.1, -0.05) is 11.2 Å². The first-order chi connectivity index (χ1) is 16.2. The van der Waals surface area contributed by atoms with Gasteiger partial charge in [0.15, 0.2) is 0 Å². The molecule has 33 heavy (non-hydrogen) atoms. The van der Waals surface area contributed by atoms with Crippen molar-refractivity contribution < 1.29 is 14.1 Å². The molecule has 0 radical (unpaired) electrons. The van der Waals surface area contributed by atoms with Gasteiger partial charge in [-0.15, -0.1) is 0 Å². The summed E-state index contributed by atoms with van der Waals surface area (Å²) < 4.78 is 10.5. The van der Waals surface area contributed by atoms with Gasteiger partial charge in [0.05, 0.1) is 7.11 Å². The van der Waals surface area contributed by atoms with Gasteiger partial charge in [0.2, 0.25) is 17.6 Å². The number of methoxy groups -OCH3 is 1. The molecular formula is C25H25N5O3. The normalized spacial score (nSPS) is 13.8. The number of hydrogen-bond acceptors (Lipinski definition) is 6. The number of pyridine rings is 1. The van der Waals surface area contributed by atoms with E-state index in [0.717, 1.165) is 35.3 Å². The molecule has 168 valence electrons. The monoisotopic (exact) mass is 443 g/mol. The molecule has 0 spiro atoms. The van der Waals surface area contributed by atoms with Crippen LogP contribution in [0.25, 0.3) is 28.0 Å². The van der Waals surface area contributed by atoms with Crippen molar-refractivity contribution in [2.24, 2.45) is 0 Å². The Morgan fingerprint density at radius 3 is 2.91 bits per heavy atom. The number of amides is 1. The number of hydrogen-bond donors (Lipinski definition) is 1. The fraction of sp³-hybridized carbons (Fsp3) is 0.280. The summed E-state index contributed by atoms with van der Waals surface area (Å²) in [6, 6.07) is 11.5. The Morgan fingerprint density at radius 1 is 1.24 bits per heavy atom. The molecule has 1 aliphatic rings. The highest BCUT2D eigenvalue weighted by Crippen LogP contribution is 2.28. The molecule has 8 heteroatoms. The van der Waals surface area contributed by atoms with E-state index in [1.165, 1.54) is 11.1 Å². The summed E-state index contributed by atoms with van der Waals surface area (Å²) in [6.45, 7) is 1.35. The molecule has 1 aromatic carbocycles. The molecule has 4 heterocycles. The molecule has 0 aliphatic carbocycles. The second-order valence-electron chi connectivity index (χ2n) is 8.01. The predicted molar refractivity (Wildman–Crippen MR) is 124 cm³/mol. The first-order valence-electron chi connectivity index (χ1n) is 11.1. The minimum atomic E-state index is 0.154. The Morgan fingerprint density at radius 2 is 2.12 bits per heavy atom. The van der Waals surface area contributed by atoms with Crippen molar-refractivity contribution in [2.75, 3.05) is 20.2 Å². The van der Waals surface area contributed by atoms with Crippen LogP contribution in [-0.4, -0.2) is 51.1 Å². The molecule has 0 fully saturated rings. The van der Waals surface area contributed by atoms with Crippen molar-refractivity contribution in [3.8, 4) is 17.1 Å². The van der Waals surface area contributed by atoms with E-state index in [0.29, 0.717) is 37.5 Å². The van der Waals surface area contributed by atoms with Crippen molar-refractivity contribution in [1.82, 2.24) is 25.0 Å². The average molecular weight is 444 g/mol. The standard InChI is InChI=1S/C25H25N5O3/c1-32-19-9-7-18(8-10-19)24-28-22(33-29-24)5-2-6-23(31)30-14-11-17(12-15-30)21-16-27-25-20(21)4-3-13-26-25/h3-4,7-11,13,16H,2,5-6,12,14-15H2,1H3,(H,26,27). The minimum Gasteiger partial charge on any atom is -0.497 e. The topological polar surface area (TPSA) is 97.1 Å². The largest absolute Gasteiger partial charge is 0.497 e. The zero-order valence-electron chi connectivity index (χ0n) is 18.5. The van der Waals surface area contributed by atoms with Gasteiger partial charge in [-0.3, -0.25) is 4.79 Å². The number of fused-ring (bicyclic) bond motifs is 1. The lowest BCUT2D eigenvalue weighted by molar-refractivity contribution is -0.130. The molecule has 3 aromatic heterocycles. The highest BCUT2D eigenvalue weighted by molar-refractivity contribution is 5.91. The maximum atomic E-state index is 12.7. The number of nitrogens with one attached hydrogen (secondary N) is 1. The lowest BCUT2D eigenvalue weighted by Gasteiger charge is -2.26. The van der Waals surface area contributed by atoms with E-state index < -0.39 is 0 Å². The van der Waals surface area contributed by atoms with Gasteiger partial charge in [-0.2, -0.15) is 4.98 Å². The molecule has 1 amide bonds. The SMILES string of the molecule is COc1ccc(-c2noc(CCCC(=O)N3CC=C(c4c[nH]c5ncccc45)CC3)n2)cc1. The van der Waals surface area contributed by atoms with Crippen LogP contribution in [0, 0.1) is 0 Å². The Hall–Kier alpha value is -3.94. The molecule has 0 saturated heterocycles. The average Bonchev–Trinajstić information content (AvgIpc) is 3.52. The Balaban J connectivity index is 1.13. The summed E-state index contributed by atoms with van der Waals surface area (Å²) in [5.41, 5.74) is 4.19. The van der Waals surface area contributed by atoms with Gasteiger partial charge in [-0.25, -0.2) is 4.98 Å². The molecule has 0 unspecified atom stereocenters. The number of H-pyrrole nitrogens is 1. The van der Waals surface area contributed by atoms with E-state index in [1.54, 1.807) is 13.3 Å². The fourth-order valence-corrected chi connectivity index (χ4v) is 4.12. The number of rotatable bonds is 7. The molecule has 0 saturated carbocycles. The molecule has 1 aliphatic heterocycles. The molecule has 8 nitrogen and oxygen atoms in total. The second-order valence-corrected chi connectivity index (χ2v) is 8.01. The van der Waals surface area contributed by atoms with Gasteiger partial charge < -0.3 is 19.1 Å². The number of ether oxygens (including phenoxy) is 1. The second kappa shape index (κ2) is 9.28. The fourth-order valence-electron chi connectivity index (χ4n) is 4.12. The number of carbonyl (C=O) groups is 1. The van der Waals surface area contributed by atoms with Crippen LogP contribution in [0.3, 0.4) is 0 Å². The van der Waals surface area contributed by atoms with Crippen LogP contribution in [0.4, 0.5) is 0 Å². The number of aromatic nitrogens is 4. The third-order valence-electron chi connectivity index (χ3n) is 5.96. The van der Waals surface area contributed by atoms with E-state index >= 15 is 0 Å².